The quantitative estimate of drug-likeness (QED) is 0.773. The summed E-state index contributed by atoms with van der Waals surface area (Å²) in [6.07, 6.45) is 1.26. The van der Waals surface area contributed by atoms with Crippen molar-refractivity contribution in [3.05, 3.63) is 21.9 Å². The molecule has 1 unspecified atom stereocenters. The number of nitrogens with zero attached hydrogens (tertiary/aromatic N) is 1. The molecule has 0 aliphatic carbocycles. The molecule has 2 nitrogen and oxygen atoms in total. The Labute approximate surface area is 116 Å². The van der Waals surface area contributed by atoms with Crippen LogP contribution in [0.5, 0.6) is 0 Å². The van der Waals surface area contributed by atoms with Crippen LogP contribution in [0.15, 0.2) is 12.1 Å². The molecule has 0 aliphatic rings. The standard InChI is InChI=1S/C15H28N2S/c1-6-13(4)10-17(5)11-15-8-7-14(18-15)9-16-12(2)3/h7-8,12-13,16H,6,9-11H2,1-5H3. The van der Waals surface area contributed by atoms with Gasteiger partial charge in [-0.15, -0.1) is 11.3 Å². The smallest absolute Gasteiger partial charge is 0.0325 e. The monoisotopic (exact) mass is 268 g/mol. The molecule has 1 atom stereocenters. The Hall–Kier alpha value is -0.380. The molecule has 1 aromatic heterocycles. The first-order chi connectivity index (χ1) is 8.51. The van der Waals surface area contributed by atoms with Gasteiger partial charge >= 0.3 is 0 Å². The van der Waals surface area contributed by atoms with Crippen molar-refractivity contribution >= 4 is 11.3 Å². The summed E-state index contributed by atoms with van der Waals surface area (Å²) in [6, 6.07) is 5.09. The third-order valence-electron chi connectivity index (χ3n) is 3.15. The topological polar surface area (TPSA) is 15.3 Å². The van der Waals surface area contributed by atoms with Crippen molar-refractivity contribution in [3.8, 4) is 0 Å². The largest absolute Gasteiger partial charge is 0.310 e. The van der Waals surface area contributed by atoms with E-state index in [1.807, 2.05) is 11.3 Å². The van der Waals surface area contributed by atoms with Crippen LogP contribution >= 0.6 is 11.3 Å². The molecule has 0 bridgehead atoms. The second-order valence-corrected chi connectivity index (χ2v) is 6.87. The van der Waals surface area contributed by atoms with E-state index in [0.29, 0.717) is 6.04 Å². The van der Waals surface area contributed by atoms with Gasteiger partial charge in [0.15, 0.2) is 0 Å². The molecular weight excluding hydrogens is 240 g/mol. The van der Waals surface area contributed by atoms with Gasteiger partial charge in [0.1, 0.15) is 0 Å². The first kappa shape index (κ1) is 15.7. The van der Waals surface area contributed by atoms with Crippen LogP contribution in [0.3, 0.4) is 0 Å². The number of nitrogens with one attached hydrogen (secondary N) is 1. The predicted octanol–water partition coefficient (Wildman–Crippen LogP) is 3.72. The second kappa shape index (κ2) is 7.93. The molecule has 1 heterocycles. The maximum atomic E-state index is 3.47. The highest BCUT2D eigenvalue weighted by Gasteiger charge is 2.07. The van der Waals surface area contributed by atoms with E-state index in [-0.39, 0.29) is 0 Å². The lowest BCUT2D eigenvalue weighted by Gasteiger charge is -2.19. The van der Waals surface area contributed by atoms with Crippen molar-refractivity contribution in [2.24, 2.45) is 5.92 Å². The number of hydrogen-bond acceptors (Lipinski definition) is 3. The van der Waals surface area contributed by atoms with Crippen LogP contribution in [-0.2, 0) is 13.1 Å². The summed E-state index contributed by atoms with van der Waals surface area (Å²) >= 11 is 1.93. The van der Waals surface area contributed by atoms with E-state index in [1.54, 1.807) is 0 Å². The fourth-order valence-electron chi connectivity index (χ4n) is 1.90. The lowest BCUT2D eigenvalue weighted by molar-refractivity contribution is 0.277. The average molecular weight is 268 g/mol. The maximum absolute atomic E-state index is 3.47. The van der Waals surface area contributed by atoms with Crippen molar-refractivity contribution in [3.63, 3.8) is 0 Å². The zero-order valence-electron chi connectivity index (χ0n) is 12.5. The Morgan fingerprint density at radius 2 is 1.89 bits per heavy atom. The van der Waals surface area contributed by atoms with Gasteiger partial charge in [0.2, 0.25) is 0 Å². The molecule has 18 heavy (non-hydrogen) atoms. The highest BCUT2D eigenvalue weighted by molar-refractivity contribution is 7.11. The first-order valence-corrected chi connectivity index (χ1v) is 7.82. The summed E-state index contributed by atoms with van der Waals surface area (Å²) in [4.78, 5) is 5.34. The molecule has 1 rings (SSSR count). The fraction of sp³-hybridized carbons (Fsp3) is 0.733. The normalized spacial score (nSPS) is 13.5. The van der Waals surface area contributed by atoms with Gasteiger partial charge in [-0.25, -0.2) is 0 Å². The van der Waals surface area contributed by atoms with Crippen molar-refractivity contribution < 1.29 is 0 Å². The Bertz CT molecular complexity index is 333. The Morgan fingerprint density at radius 1 is 1.22 bits per heavy atom. The van der Waals surface area contributed by atoms with Crippen LogP contribution in [0.1, 0.15) is 43.9 Å². The minimum absolute atomic E-state index is 0.559. The van der Waals surface area contributed by atoms with Crippen LogP contribution in [0, 0.1) is 5.92 Å². The molecule has 0 saturated carbocycles. The SMILES string of the molecule is CCC(C)CN(C)Cc1ccc(CNC(C)C)s1. The van der Waals surface area contributed by atoms with Crippen LogP contribution in [-0.4, -0.2) is 24.5 Å². The summed E-state index contributed by atoms with van der Waals surface area (Å²) in [6.45, 7) is 12.2. The Kier molecular flexibility index (Phi) is 6.90. The van der Waals surface area contributed by atoms with Gasteiger partial charge < -0.3 is 10.2 Å². The van der Waals surface area contributed by atoms with Gasteiger partial charge in [-0.1, -0.05) is 34.1 Å². The lowest BCUT2D eigenvalue weighted by Crippen LogP contribution is -2.23. The molecule has 0 spiro atoms. The molecule has 1 N–H and O–H groups in total. The lowest BCUT2D eigenvalue weighted by atomic mass is 10.1. The minimum Gasteiger partial charge on any atom is -0.310 e. The van der Waals surface area contributed by atoms with Crippen molar-refractivity contribution in [1.29, 1.82) is 0 Å². The van der Waals surface area contributed by atoms with Gasteiger partial charge in [0.25, 0.3) is 0 Å². The first-order valence-electron chi connectivity index (χ1n) is 7.00. The third-order valence-corrected chi connectivity index (χ3v) is 4.22. The van der Waals surface area contributed by atoms with E-state index in [9.17, 15) is 0 Å². The molecule has 0 aromatic carbocycles. The molecule has 0 saturated heterocycles. The highest BCUT2D eigenvalue weighted by atomic mass is 32.1. The number of thiophene rings is 1. The summed E-state index contributed by atoms with van der Waals surface area (Å²) in [7, 11) is 2.22. The van der Waals surface area contributed by atoms with Gasteiger partial charge in [0.05, 0.1) is 0 Å². The second-order valence-electron chi connectivity index (χ2n) is 5.61. The molecule has 0 radical (unpaired) electrons. The van der Waals surface area contributed by atoms with Gasteiger partial charge in [-0.3, -0.25) is 0 Å². The van der Waals surface area contributed by atoms with Crippen LogP contribution in [0.25, 0.3) is 0 Å². The summed E-state index contributed by atoms with van der Waals surface area (Å²) < 4.78 is 0. The van der Waals surface area contributed by atoms with E-state index < -0.39 is 0 Å². The van der Waals surface area contributed by atoms with Crippen LogP contribution < -0.4 is 5.32 Å². The molecule has 0 fully saturated rings. The Balaban J connectivity index is 2.38. The molecular formula is C15H28N2S. The van der Waals surface area contributed by atoms with Crippen LogP contribution in [0.4, 0.5) is 0 Å². The molecule has 0 amide bonds. The van der Waals surface area contributed by atoms with Crippen molar-refractivity contribution in [2.75, 3.05) is 13.6 Å². The molecule has 0 aliphatic heterocycles. The summed E-state index contributed by atoms with van der Waals surface area (Å²) in [5, 5.41) is 3.47. The fourth-order valence-corrected chi connectivity index (χ4v) is 2.95. The van der Waals surface area contributed by atoms with E-state index in [4.69, 9.17) is 0 Å². The Morgan fingerprint density at radius 3 is 2.50 bits per heavy atom. The van der Waals surface area contributed by atoms with E-state index in [2.05, 4.69) is 57.1 Å². The van der Waals surface area contributed by atoms with Gasteiger partial charge in [-0.2, -0.15) is 0 Å². The van der Waals surface area contributed by atoms with Crippen molar-refractivity contribution in [1.82, 2.24) is 10.2 Å². The summed E-state index contributed by atoms with van der Waals surface area (Å²) in [5.41, 5.74) is 0. The molecule has 1 aromatic rings. The zero-order valence-corrected chi connectivity index (χ0v) is 13.3. The molecule has 3 heteroatoms. The molecule has 104 valence electrons. The third kappa shape index (κ3) is 5.98. The highest BCUT2D eigenvalue weighted by Crippen LogP contribution is 2.18. The van der Waals surface area contributed by atoms with Crippen LogP contribution in [0.2, 0.25) is 0 Å². The number of rotatable bonds is 8. The number of hydrogen-bond donors (Lipinski definition) is 1. The van der Waals surface area contributed by atoms with E-state index in [1.165, 1.54) is 22.7 Å². The predicted molar refractivity (Wildman–Crippen MR) is 82.1 cm³/mol. The minimum atomic E-state index is 0.559. The summed E-state index contributed by atoms with van der Waals surface area (Å²) in [5.74, 6) is 0.789. The maximum Gasteiger partial charge on any atom is 0.0325 e. The zero-order chi connectivity index (χ0) is 13.5. The van der Waals surface area contributed by atoms with E-state index >= 15 is 0 Å². The van der Waals surface area contributed by atoms with Gasteiger partial charge in [0, 0.05) is 35.4 Å². The average Bonchev–Trinajstić information content (AvgIpc) is 2.73. The van der Waals surface area contributed by atoms with Gasteiger partial charge in [-0.05, 0) is 25.1 Å². The van der Waals surface area contributed by atoms with Crippen molar-refractivity contribution in [2.45, 2.75) is 53.2 Å². The van der Waals surface area contributed by atoms with E-state index in [0.717, 1.165) is 19.0 Å².